The zero-order valence-electron chi connectivity index (χ0n) is 9.90. The fourth-order valence-corrected chi connectivity index (χ4v) is 3.84. The molecule has 4 nitrogen and oxygen atoms in total. The summed E-state index contributed by atoms with van der Waals surface area (Å²) in [5.74, 6) is -0.825. The first-order chi connectivity index (χ1) is 8.21. The van der Waals surface area contributed by atoms with Crippen LogP contribution in [0.3, 0.4) is 0 Å². The number of halogens is 1. The number of fused-ring (bicyclic) bond motifs is 2. The fraction of sp³-hybridized carbons (Fsp3) is 0.583. The molecule has 2 aliphatic heterocycles. The van der Waals surface area contributed by atoms with Gasteiger partial charge in [0.05, 0.1) is 12.2 Å². The van der Waals surface area contributed by atoms with E-state index in [1.165, 1.54) is 16.2 Å². The molecule has 0 bridgehead atoms. The Morgan fingerprint density at radius 1 is 1.44 bits per heavy atom. The van der Waals surface area contributed by atoms with E-state index in [1.807, 2.05) is 6.07 Å². The molecule has 2 N–H and O–H groups in total. The quantitative estimate of drug-likeness (QED) is 0.830. The molecule has 3 heterocycles. The normalized spacial score (nSPS) is 21.1. The second kappa shape index (κ2) is 5.17. The molecule has 0 radical (unpaired) electrons. The monoisotopic (exact) mass is 289 g/mol. The minimum atomic E-state index is -0.825. The van der Waals surface area contributed by atoms with Crippen molar-refractivity contribution >= 4 is 29.7 Å². The van der Waals surface area contributed by atoms with E-state index in [4.69, 9.17) is 9.84 Å². The summed E-state index contributed by atoms with van der Waals surface area (Å²) in [7, 11) is 0. The van der Waals surface area contributed by atoms with Gasteiger partial charge in [-0.3, -0.25) is 0 Å². The fourth-order valence-electron chi connectivity index (χ4n) is 2.77. The van der Waals surface area contributed by atoms with Crippen LogP contribution in [0.15, 0.2) is 6.07 Å². The van der Waals surface area contributed by atoms with Gasteiger partial charge in [0, 0.05) is 11.3 Å². The molecule has 1 aromatic rings. The van der Waals surface area contributed by atoms with E-state index in [-0.39, 0.29) is 18.0 Å². The third-order valence-corrected chi connectivity index (χ3v) is 4.81. The lowest BCUT2D eigenvalue weighted by atomic mass is 9.83. The smallest absolute Gasteiger partial charge is 0.345 e. The number of piperidine rings is 1. The molecule has 100 valence electrons. The number of hydrogen-bond donors (Lipinski definition) is 2. The maximum absolute atomic E-state index is 11.0. The summed E-state index contributed by atoms with van der Waals surface area (Å²) < 4.78 is 6.00. The van der Waals surface area contributed by atoms with Gasteiger partial charge in [-0.1, -0.05) is 0 Å². The van der Waals surface area contributed by atoms with Crippen LogP contribution < -0.4 is 5.32 Å². The average molecular weight is 290 g/mol. The number of nitrogens with one attached hydrogen (secondary N) is 1. The van der Waals surface area contributed by atoms with E-state index in [0.717, 1.165) is 37.9 Å². The van der Waals surface area contributed by atoms with Crippen molar-refractivity contribution < 1.29 is 14.6 Å². The van der Waals surface area contributed by atoms with Crippen molar-refractivity contribution in [3.05, 3.63) is 21.4 Å². The number of thiophene rings is 1. The Hall–Kier alpha value is -0.620. The number of rotatable bonds is 1. The summed E-state index contributed by atoms with van der Waals surface area (Å²) in [5, 5.41) is 12.4. The van der Waals surface area contributed by atoms with E-state index in [9.17, 15) is 4.79 Å². The Kier molecular flexibility index (Phi) is 3.96. The molecule has 2 aliphatic rings. The second-order valence-electron chi connectivity index (χ2n) is 4.60. The topological polar surface area (TPSA) is 58.6 Å². The number of carboxylic acid groups (broad SMARTS) is 1. The van der Waals surface area contributed by atoms with Crippen LogP contribution in [0.4, 0.5) is 0 Å². The van der Waals surface area contributed by atoms with Crippen molar-refractivity contribution in [1.29, 1.82) is 0 Å². The average Bonchev–Trinajstić information content (AvgIpc) is 2.76. The lowest BCUT2D eigenvalue weighted by molar-refractivity contribution is -0.0792. The second-order valence-corrected chi connectivity index (χ2v) is 5.73. The predicted molar refractivity (Wildman–Crippen MR) is 72.0 cm³/mol. The summed E-state index contributed by atoms with van der Waals surface area (Å²) in [4.78, 5) is 12.7. The third kappa shape index (κ3) is 2.16. The lowest BCUT2D eigenvalue weighted by Crippen LogP contribution is -2.44. The molecule has 1 spiro atoms. The van der Waals surface area contributed by atoms with Crippen molar-refractivity contribution in [1.82, 2.24) is 5.32 Å². The molecule has 0 amide bonds. The molecule has 1 aromatic heterocycles. The highest BCUT2D eigenvalue weighted by molar-refractivity contribution is 7.14. The number of ether oxygens (including phenoxy) is 1. The lowest BCUT2D eigenvalue weighted by Gasteiger charge is -2.40. The zero-order chi connectivity index (χ0) is 11.9. The van der Waals surface area contributed by atoms with Crippen LogP contribution in [0.1, 0.15) is 33.0 Å². The zero-order valence-corrected chi connectivity index (χ0v) is 11.5. The van der Waals surface area contributed by atoms with E-state index in [1.54, 1.807) is 0 Å². The highest BCUT2D eigenvalue weighted by Gasteiger charge is 2.40. The van der Waals surface area contributed by atoms with Gasteiger partial charge in [0.2, 0.25) is 0 Å². The summed E-state index contributed by atoms with van der Waals surface area (Å²) in [6, 6.07) is 1.83. The molecular weight excluding hydrogens is 274 g/mol. The predicted octanol–water partition coefficient (Wildman–Crippen LogP) is 2.02. The third-order valence-electron chi connectivity index (χ3n) is 3.63. The Morgan fingerprint density at radius 3 is 2.83 bits per heavy atom. The first-order valence-electron chi connectivity index (χ1n) is 5.92. The number of hydrogen-bond acceptors (Lipinski definition) is 4. The first-order valence-corrected chi connectivity index (χ1v) is 6.74. The van der Waals surface area contributed by atoms with Crippen molar-refractivity contribution in [2.75, 3.05) is 19.7 Å². The van der Waals surface area contributed by atoms with Gasteiger partial charge >= 0.3 is 5.97 Å². The summed E-state index contributed by atoms with van der Waals surface area (Å²) in [6.07, 6.45) is 2.73. The van der Waals surface area contributed by atoms with Crippen LogP contribution in [0.5, 0.6) is 0 Å². The molecule has 0 unspecified atom stereocenters. The molecule has 18 heavy (non-hydrogen) atoms. The van der Waals surface area contributed by atoms with Gasteiger partial charge in [-0.05, 0) is 37.6 Å². The summed E-state index contributed by atoms with van der Waals surface area (Å²) in [5.41, 5.74) is 0.913. The number of carbonyl (C=O) groups is 1. The molecule has 0 atom stereocenters. The molecule has 1 fully saturated rings. The van der Waals surface area contributed by atoms with Gasteiger partial charge in [-0.2, -0.15) is 0 Å². The Labute approximate surface area is 116 Å². The van der Waals surface area contributed by atoms with Crippen molar-refractivity contribution in [3.8, 4) is 0 Å². The summed E-state index contributed by atoms with van der Waals surface area (Å²) >= 11 is 1.41. The number of aromatic carboxylic acids is 1. The van der Waals surface area contributed by atoms with Gasteiger partial charge in [-0.15, -0.1) is 23.7 Å². The van der Waals surface area contributed by atoms with E-state index in [0.29, 0.717) is 11.5 Å². The minimum absolute atomic E-state index is 0. The van der Waals surface area contributed by atoms with Gasteiger partial charge in [-0.25, -0.2) is 4.79 Å². The minimum Gasteiger partial charge on any atom is -0.477 e. The van der Waals surface area contributed by atoms with Gasteiger partial charge < -0.3 is 15.2 Å². The van der Waals surface area contributed by atoms with Crippen LogP contribution in [0.2, 0.25) is 0 Å². The van der Waals surface area contributed by atoms with Crippen LogP contribution in [0, 0.1) is 0 Å². The van der Waals surface area contributed by atoms with Crippen LogP contribution in [0.25, 0.3) is 0 Å². The van der Waals surface area contributed by atoms with Gasteiger partial charge in [0.1, 0.15) is 4.88 Å². The SMILES string of the molecule is Cl.O=C(O)c1cc2c(s1)CCOC21CCNCC1. The Morgan fingerprint density at radius 2 is 2.17 bits per heavy atom. The largest absolute Gasteiger partial charge is 0.477 e. The maximum atomic E-state index is 11.0. The van der Waals surface area contributed by atoms with Crippen LogP contribution in [-0.4, -0.2) is 30.8 Å². The maximum Gasteiger partial charge on any atom is 0.345 e. The Bertz CT molecular complexity index is 454. The van der Waals surface area contributed by atoms with E-state index < -0.39 is 5.97 Å². The van der Waals surface area contributed by atoms with E-state index in [2.05, 4.69) is 5.32 Å². The van der Waals surface area contributed by atoms with Gasteiger partial charge in [0.15, 0.2) is 0 Å². The van der Waals surface area contributed by atoms with Crippen LogP contribution >= 0.6 is 23.7 Å². The Balaban J connectivity index is 0.00000120. The highest BCUT2D eigenvalue weighted by atomic mass is 35.5. The molecule has 6 heteroatoms. The molecule has 0 aromatic carbocycles. The number of carboxylic acids is 1. The summed E-state index contributed by atoms with van der Waals surface area (Å²) in [6.45, 7) is 2.60. The van der Waals surface area contributed by atoms with E-state index >= 15 is 0 Å². The standard InChI is InChI=1S/C12H15NO3S.ClH/c14-11(15)10-7-8-9(17-10)1-6-16-12(8)2-4-13-5-3-12;/h7,13H,1-6H2,(H,14,15);1H. The van der Waals surface area contributed by atoms with Crippen molar-refractivity contribution in [2.24, 2.45) is 0 Å². The molecule has 0 aliphatic carbocycles. The molecular formula is C12H16ClNO3S. The molecule has 1 saturated heterocycles. The van der Waals surface area contributed by atoms with Crippen molar-refractivity contribution in [3.63, 3.8) is 0 Å². The molecule has 0 saturated carbocycles. The molecule has 3 rings (SSSR count). The highest BCUT2D eigenvalue weighted by Crippen LogP contribution is 2.43. The van der Waals surface area contributed by atoms with Gasteiger partial charge in [0.25, 0.3) is 0 Å². The first kappa shape index (κ1) is 13.8. The van der Waals surface area contributed by atoms with Crippen LogP contribution in [-0.2, 0) is 16.8 Å². The van der Waals surface area contributed by atoms with Crippen molar-refractivity contribution in [2.45, 2.75) is 24.9 Å².